The lowest BCUT2D eigenvalue weighted by Gasteiger charge is -1.99. The number of carbonyl (C=O) groups is 1. The second-order valence-corrected chi connectivity index (χ2v) is 2.71. The van der Waals surface area contributed by atoms with E-state index in [9.17, 15) is 4.79 Å². The number of H-pyrrole nitrogens is 2. The molecule has 6 heteroatoms. The van der Waals surface area contributed by atoms with Crippen molar-refractivity contribution < 1.29 is 4.79 Å². The fourth-order valence-corrected chi connectivity index (χ4v) is 1.04. The molecule has 0 aromatic carbocycles. The van der Waals surface area contributed by atoms with E-state index in [1.807, 2.05) is 0 Å². The minimum atomic E-state index is -0.171. The van der Waals surface area contributed by atoms with Gasteiger partial charge in [0.25, 0.3) is 5.91 Å². The zero-order valence-corrected chi connectivity index (χ0v) is 7.32. The fourth-order valence-electron chi connectivity index (χ4n) is 1.04. The van der Waals surface area contributed by atoms with E-state index in [0.29, 0.717) is 12.1 Å². The van der Waals surface area contributed by atoms with E-state index in [1.165, 1.54) is 12.4 Å². The van der Waals surface area contributed by atoms with Gasteiger partial charge in [-0.1, -0.05) is 0 Å². The molecule has 2 aromatic rings. The summed E-state index contributed by atoms with van der Waals surface area (Å²) in [6.07, 6.45) is 6.35. The molecule has 0 saturated heterocycles. The predicted octanol–water partition coefficient (Wildman–Crippen LogP) is 0.0628. The third-order valence-electron chi connectivity index (χ3n) is 1.73. The van der Waals surface area contributed by atoms with Gasteiger partial charge >= 0.3 is 0 Å². The van der Waals surface area contributed by atoms with Crippen LogP contribution in [0.1, 0.15) is 16.2 Å². The lowest BCUT2D eigenvalue weighted by molar-refractivity contribution is 0.0950. The van der Waals surface area contributed by atoms with Crippen LogP contribution in [0.2, 0.25) is 0 Å². The normalized spacial score (nSPS) is 10.0. The van der Waals surface area contributed by atoms with Gasteiger partial charge in [0.15, 0.2) is 0 Å². The molecule has 0 bridgehead atoms. The van der Waals surface area contributed by atoms with Gasteiger partial charge < -0.3 is 10.3 Å². The Bertz CT molecular complexity index is 391. The van der Waals surface area contributed by atoms with Crippen LogP contribution < -0.4 is 5.32 Å². The van der Waals surface area contributed by atoms with Crippen LogP contribution in [-0.4, -0.2) is 26.1 Å². The summed E-state index contributed by atoms with van der Waals surface area (Å²) in [5.41, 5.74) is 0.511. The number of aromatic amines is 2. The Morgan fingerprint density at radius 3 is 3.14 bits per heavy atom. The maximum absolute atomic E-state index is 11.4. The first-order valence-electron chi connectivity index (χ1n) is 4.11. The van der Waals surface area contributed by atoms with Crippen molar-refractivity contribution >= 4 is 5.91 Å². The van der Waals surface area contributed by atoms with Gasteiger partial charge in [0.1, 0.15) is 5.82 Å². The summed E-state index contributed by atoms with van der Waals surface area (Å²) in [6, 6.07) is 0. The summed E-state index contributed by atoms with van der Waals surface area (Å²) < 4.78 is 0. The third kappa shape index (κ3) is 1.79. The topological polar surface area (TPSA) is 86.5 Å². The number of carbonyl (C=O) groups excluding carboxylic acids is 1. The molecule has 72 valence electrons. The van der Waals surface area contributed by atoms with Gasteiger partial charge in [-0.2, -0.15) is 5.10 Å². The first-order chi connectivity index (χ1) is 6.86. The molecule has 0 aliphatic rings. The summed E-state index contributed by atoms with van der Waals surface area (Å²) in [5.74, 6) is 0.553. The Labute approximate surface area is 79.8 Å². The number of hydrogen-bond acceptors (Lipinski definition) is 3. The number of imidazole rings is 1. The quantitative estimate of drug-likeness (QED) is 0.641. The highest BCUT2D eigenvalue weighted by molar-refractivity contribution is 5.93. The number of amides is 1. The molecule has 0 atom stereocenters. The van der Waals surface area contributed by atoms with Gasteiger partial charge in [0.2, 0.25) is 0 Å². The Kier molecular flexibility index (Phi) is 2.26. The van der Waals surface area contributed by atoms with E-state index in [0.717, 1.165) is 5.82 Å². The van der Waals surface area contributed by atoms with Crippen molar-refractivity contribution in [1.29, 1.82) is 0 Å². The van der Waals surface area contributed by atoms with Crippen LogP contribution in [0, 0.1) is 0 Å². The lowest BCUT2D eigenvalue weighted by atomic mass is 10.3. The highest BCUT2D eigenvalue weighted by atomic mass is 16.1. The standard InChI is InChI=1S/C8H9N5O/c14-8(6-3-12-13-4-6)11-5-7-9-1-2-10-7/h1-4H,5H2,(H,9,10)(H,11,14)(H,12,13). The maximum Gasteiger partial charge on any atom is 0.254 e. The van der Waals surface area contributed by atoms with Gasteiger partial charge in [-0.25, -0.2) is 4.98 Å². The van der Waals surface area contributed by atoms with Crippen molar-refractivity contribution in [2.24, 2.45) is 0 Å². The minimum absolute atomic E-state index is 0.171. The Balaban J connectivity index is 1.90. The number of rotatable bonds is 3. The number of hydrogen-bond donors (Lipinski definition) is 3. The van der Waals surface area contributed by atoms with Gasteiger partial charge in [-0.05, 0) is 0 Å². The van der Waals surface area contributed by atoms with Crippen molar-refractivity contribution in [3.63, 3.8) is 0 Å². The molecule has 0 fully saturated rings. The second-order valence-electron chi connectivity index (χ2n) is 2.71. The molecule has 1 amide bonds. The first kappa shape index (κ1) is 8.49. The molecule has 2 rings (SSSR count). The Morgan fingerprint density at radius 1 is 1.57 bits per heavy atom. The van der Waals surface area contributed by atoms with E-state index in [1.54, 1.807) is 12.4 Å². The first-order valence-corrected chi connectivity index (χ1v) is 4.11. The van der Waals surface area contributed by atoms with Crippen LogP contribution in [0.3, 0.4) is 0 Å². The third-order valence-corrected chi connectivity index (χ3v) is 1.73. The second kappa shape index (κ2) is 3.73. The summed E-state index contributed by atoms with van der Waals surface area (Å²) in [5, 5.41) is 8.94. The van der Waals surface area contributed by atoms with Crippen LogP contribution in [-0.2, 0) is 6.54 Å². The number of nitrogens with zero attached hydrogens (tertiary/aromatic N) is 2. The van der Waals surface area contributed by atoms with Crippen molar-refractivity contribution in [3.8, 4) is 0 Å². The number of aromatic nitrogens is 4. The van der Waals surface area contributed by atoms with E-state index < -0.39 is 0 Å². The summed E-state index contributed by atoms with van der Waals surface area (Å²) in [7, 11) is 0. The van der Waals surface area contributed by atoms with Gasteiger partial charge in [-0.15, -0.1) is 0 Å². The molecule has 0 aliphatic carbocycles. The molecule has 2 heterocycles. The van der Waals surface area contributed by atoms with Crippen LogP contribution in [0.4, 0.5) is 0 Å². The zero-order chi connectivity index (χ0) is 9.80. The highest BCUT2D eigenvalue weighted by Crippen LogP contribution is 1.94. The molecule has 0 saturated carbocycles. The van der Waals surface area contributed by atoms with Crippen molar-refractivity contribution in [2.75, 3.05) is 0 Å². The molecule has 0 aliphatic heterocycles. The average Bonchev–Trinajstić information content (AvgIpc) is 2.87. The van der Waals surface area contributed by atoms with Gasteiger partial charge in [0.05, 0.1) is 18.3 Å². The largest absolute Gasteiger partial charge is 0.347 e. The molecule has 2 aromatic heterocycles. The Hall–Kier alpha value is -2.11. The van der Waals surface area contributed by atoms with Crippen molar-refractivity contribution in [1.82, 2.24) is 25.5 Å². The van der Waals surface area contributed by atoms with E-state index in [2.05, 4.69) is 25.5 Å². The molecule has 0 radical (unpaired) electrons. The molecular weight excluding hydrogens is 182 g/mol. The smallest absolute Gasteiger partial charge is 0.254 e. The molecule has 6 nitrogen and oxygen atoms in total. The van der Waals surface area contributed by atoms with Crippen molar-refractivity contribution in [3.05, 3.63) is 36.2 Å². The number of nitrogens with one attached hydrogen (secondary N) is 3. The average molecular weight is 191 g/mol. The van der Waals surface area contributed by atoms with E-state index >= 15 is 0 Å². The van der Waals surface area contributed by atoms with Gasteiger partial charge in [-0.3, -0.25) is 9.89 Å². The minimum Gasteiger partial charge on any atom is -0.347 e. The lowest BCUT2D eigenvalue weighted by Crippen LogP contribution is -2.22. The van der Waals surface area contributed by atoms with Crippen LogP contribution in [0.5, 0.6) is 0 Å². The molecule has 0 spiro atoms. The molecule has 0 unspecified atom stereocenters. The molecule has 3 N–H and O–H groups in total. The zero-order valence-electron chi connectivity index (χ0n) is 7.32. The van der Waals surface area contributed by atoms with E-state index in [-0.39, 0.29) is 5.91 Å². The monoisotopic (exact) mass is 191 g/mol. The summed E-state index contributed by atoms with van der Waals surface area (Å²) in [4.78, 5) is 18.3. The van der Waals surface area contributed by atoms with Crippen LogP contribution in [0.25, 0.3) is 0 Å². The molecule has 14 heavy (non-hydrogen) atoms. The molecular formula is C8H9N5O. The van der Waals surface area contributed by atoms with Crippen LogP contribution in [0.15, 0.2) is 24.8 Å². The predicted molar refractivity (Wildman–Crippen MR) is 48.3 cm³/mol. The highest BCUT2D eigenvalue weighted by Gasteiger charge is 2.05. The Morgan fingerprint density at radius 2 is 2.50 bits per heavy atom. The van der Waals surface area contributed by atoms with Crippen molar-refractivity contribution in [2.45, 2.75) is 6.54 Å². The summed E-state index contributed by atoms with van der Waals surface area (Å²) >= 11 is 0. The fraction of sp³-hybridized carbons (Fsp3) is 0.125. The van der Waals surface area contributed by atoms with Gasteiger partial charge in [0, 0.05) is 18.6 Å². The van der Waals surface area contributed by atoms with Crippen LogP contribution >= 0.6 is 0 Å². The summed E-state index contributed by atoms with van der Waals surface area (Å²) in [6.45, 7) is 0.386. The maximum atomic E-state index is 11.4. The van der Waals surface area contributed by atoms with E-state index in [4.69, 9.17) is 0 Å². The SMILES string of the molecule is O=C(NCc1ncc[nH]1)c1cn[nH]c1.